The Morgan fingerprint density at radius 1 is 1.36 bits per heavy atom. The summed E-state index contributed by atoms with van der Waals surface area (Å²) in [6.45, 7) is 11.2. The van der Waals surface area contributed by atoms with Gasteiger partial charge in [0, 0.05) is 24.8 Å². The molecule has 2 amide bonds. The maximum Gasteiger partial charge on any atom is 0.322 e. The van der Waals surface area contributed by atoms with Crippen LogP contribution in [0.15, 0.2) is 30.9 Å². The van der Waals surface area contributed by atoms with Crippen molar-refractivity contribution in [1.29, 1.82) is 0 Å². The second kappa shape index (κ2) is 7.61. The van der Waals surface area contributed by atoms with E-state index >= 15 is 0 Å². The Morgan fingerprint density at radius 3 is 2.84 bits per heavy atom. The quantitative estimate of drug-likeness (QED) is 0.837. The van der Waals surface area contributed by atoms with Gasteiger partial charge >= 0.3 is 6.03 Å². The molecule has 0 aliphatic carbocycles. The number of amides is 2. The number of benzene rings is 1. The van der Waals surface area contributed by atoms with Gasteiger partial charge in [-0.1, -0.05) is 38.1 Å². The number of carbonyl (C=O) groups is 1. The maximum absolute atomic E-state index is 13.1. The van der Waals surface area contributed by atoms with E-state index in [0.29, 0.717) is 17.9 Å². The molecular weight excluding hydrogens is 310 g/mol. The van der Waals surface area contributed by atoms with Crippen LogP contribution in [0.5, 0.6) is 0 Å². The van der Waals surface area contributed by atoms with Crippen LogP contribution in [0.2, 0.25) is 0 Å². The molecule has 2 aliphatic heterocycles. The van der Waals surface area contributed by atoms with Gasteiger partial charge in [-0.25, -0.2) is 4.79 Å². The number of hydrogen-bond donors (Lipinski definition) is 1. The number of para-hydroxylation sites is 1. The van der Waals surface area contributed by atoms with E-state index in [1.54, 1.807) is 0 Å². The second-order valence-corrected chi connectivity index (χ2v) is 7.82. The van der Waals surface area contributed by atoms with Crippen LogP contribution in [0.25, 0.3) is 0 Å². The summed E-state index contributed by atoms with van der Waals surface area (Å²) in [7, 11) is 2.15. The highest BCUT2D eigenvalue weighted by Crippen LogP contribution is 2.33. The molecule has 25 heavy (non-hydrogen) atoms. The van der Waals surface area contributed by atoms with E-state index in [0.717, 1.165) is 43.7 Å². The Labute approximate surface area is 151 Å². The zero-order chi connectivity index (χ0) is 18.0. The third kappa shape index (κ3) is 3.74. The topological polar surface area (TPSA) is 35.6 Å². The van der Waals surface area contributed by atoms with Gasteiger partial charge in [-0.15, -0.1) is 6.58 Å². The molecule has 2 heterocycles. The summed E-state index contributed by atoms with van der Waals surface area (Å²) >= 11 is 0. The van der Waals surface area contributed by atoms with E-state index in [4.69, 9.17) is 0 Å². The molecule has 0 spiro atoms. The van der Waals surface area contributed by atoms with Crippen LogP contribution in [-0.2, 0) is 6.42 Å². The fourth-order valence-electron chi connectivity index (χ4n) is 4.31. The number of allylic oxidation sites excluding steroid dienone is 1. The molecule has 4 heteroatoms. The van der Waals surface area contributed by atoms with Gasteiger partial charge in [0.2, 0.25) is 0 Å². The highest BCUT2D eigenvalue weighted by Gasteiger charge is 2.40. The van der Waals surface area contributed by atoms with Crippen molar-refractivity contribution in [2.45, 2.75) is 45.1 Å². The molecule has 2 atom stereocenters. The Hall–Kier alpha value is -1.81. The predicted molar refractivity (Wildman–Crippen MR) is 104 cm³/mol. The van der Waals surface area contributed by atoms with Gasteiger partial charge in [-0.3, -0.25) is 0 Å². The van der Waals surface area contributed by atoms with Crippen LogP contribution in [0.3, 0.4) is 0 Å². The number of likely N-dealkylation sites (tertiary alicyclic amines) is 2. The molecule has 1 aromatic carbocycles. The first kappa shape index (κ1) is 18.0. The molecule has 2 aliphatic rings. The molecule has 3 rings (SSSR count). The largest absolute Gasteiger partial charge is 0.322 e. The molecule has 2 fully saturated rings. The number of fused-ring (bicyclic) bond motifs is 1. The van der Waals surface area contributed by atoms with Gasteiger partial charge < -0.3 is 15.1 Å². The van der Waals surface area contributed by atoms with Crippen LogP contribution < -0.4 is 5.32 Å². The van der Waals surface area contributed by atoms with E-state index < -0.39 is 0 Å². The van der Waals surface area contributed by atoms with Crippen molar-refractivity contribution in [2.24, 2.45) is 5.92 Å². The third-order valence-electron chi connectivity index (χ3n) is 5.73. The van der Waals surface area contributed by atoms with Crippen molar-refractivity contribution in [3.8, 4) is 0 Å². The fourth-order valence-corrected chi connectivity index (χ4v) is 4.31. The summed E-state index contributed by atoms with van der Waals surface area (Å²) in [5, 5.41) is 3.26. The molecule has 0 bridgehead atoms. The molecule has 1 N–H and O–H groups in total. The number of piperidine rings is 1. The molecule has 2 saturated heterocycles. The minimum atomic E-state index is 0.0567. The van der Waals surface area contributed by atoms with Gasteiger partial charge in [0.1, 0.15) is 0 Å². The molecule has 136 valence electrons. The molecule has 4 nitrogen and oxygen atoms in total. The average Bonchev–Trinajstić information content (AvgIpc) is 2.99. The van der Waals surface area contributed by atoms with Gasteiger partial charge in [-0.05, 0) is 55.8 Å². The van der Waals surface area contributed by atoms with Crippen LogP contribution in [-0.4, -0.2) is 48.6 Å². The molecule has 0 aromatic heterocycles. The monoisotopic (exact) mass is 341 g/mol. The Morgan fingerprint density at radius 2 is 2.12 bits per heavy atom. The van der Waals surface area contributed by atoms with Gasteiger partial charge in [0.15, 0.2) is 0 Å². The first-order chi connectivity index (χ1) is 12.0. The van der Waals surface area contributed by atoms with Crippen molar-refractivity contribution in [3.63, 3.8) is 0 Å². The van der Waals surface area contributed by atoms with Crippen LogP contribution in [0, 0.1) is 5.92 Å². The smallest absolute Gasteiger partial charge is 0.320 e. The van der Waals surface area contributed by atoms with Crippen molar-refractivity contribution in [1.82, 2.24) is 9.80 Å². The van der Waals surface area contributed by atoms with Crippen molar-refractivity contribution < 1.29 is 4.79 Å². The van der Waals surface area contributed by atoms with E-state index in [1.807, 2.05) is 6.08 Å². The summed E-state index contributed by atoms with van der Waals surface area (Å²) in [5.74, 6) is 1.03. The molecule has 0 radical (unpaired) electrons. The number of nitrogens with one attached hydrogen (secondary N) is 1. The number of anilines is 1. The van der Waals surface area contributed by atoms with E-state index in [9.17, 15) is 4.79 Å². The standard InChI is InChI=1S/C21H31N3O/c1-5-7-17-8-6-9-18(15(2)3)20(17)22-21(25)24-13-11-16-10-12-23(4)14-19(16)24/h5-6,8-9,15-16,19H,1,7,10-14H2,2-4H3,(H,22,25)/t16-,19-/m0/s1. The minimum Gasteiger partial charge on any atom is -0.320 e. The zero-order valence-electron chi connectivity index (χ0n) is 15.8. The second-order valence-electron chi connectivity index (χ2n) is 7.82. The summed E-state index contributed by atoms with van der Waals surface area (Å²) in [4.78, 5) is 17.5. The van der Waals surface area contributed by atoms with Gasteiger partial charge in [-0.2, -0.15) is 0 Å². The van der Waals surface area contributed by atoms with Crippen molar-refractivity contribution in [2.75, 3.05) is 32.0 Å². The summed E-state index contributed by atoms with van der Waals surface area (Å²) in [6, 6.07) is 6.69. The normalized spacial score (nSPS) is 23.6. The van der Waals surface area contributed by atoms with Gasteiger partial charge in [0.05, 0.1) is 0 Å². The lowest BCUT2D eigenvalue weighted by Gasteiger charge is -2.36. The summed E-state index contributed by atoms with van der Waals surface area (Å²) in [6.07, 6.45) is 5.01. The Kier molecular flexibility index (Phi) is 5.48. The lowest BCUT2D eigenvalue weighted by molar-refractivity contribution is 0.137. The van der Waals surface area contributed by atoms with Crippen LogP contribution in [0.1, 0.15) is 43.7 Å². The first-order valence-electron chi connectivity index (χ1n) is 9.50. The Bertz CT molecular complexity index is 640. The highest BCUT2D eigenvalue weighted by atomic mass is 16.2. The first-order valence-corrected chi connectivity index (χ1v) is 9.50. The number of carbonyl (C=O) groups excluding carboxylic acids is 1. The number of rotatable bonds is 4. The minimum absolute atomic E-state index is 0.0567. The number of hydrogen-bond acceptors (Lipinski definition) is 2. The summed E-state index contributed by atoms with van der Waals surface area (Å²) < 4.78 is 0. The van der Waals surface area contributed by atoms with Crippen molar-refractivity contribution in [3.05, 3.63) is 42.0 Å². The fraction of sp³-hybridized carbons (Fsp3) is 0.571. The van der Waals surface area contributed by atoms with E-state index in [2.05, 4.69) is 60.8 Å². The maximum atomic E-state index is 13.1. The zero-order valence-corrected chi connectivity index (χ0v) is 15.8. The molecule has 1 aromatic rings. The number of likely N-dealkylation sites (N-methyl/N-ethyl adjacent to an activating group) is 1. The van der Waals surface area contributed by atoms with Gasteiger partial charge in [0.25, 0.3) is 0 Å². The molecule has 0 unspecified atom stereocenters. The number of urea groups is 1. The molecular formula is C21H31N3O. The number of nitrogens with zero attached hydrogens (tertiary/aromatic N) is 2. The average molecular weight is 341 g/mol. The predicted octanol–water partition coefficient (Wildman–Crippen LogP) is 4.10. The summed E-state index contributed by atoms with van der Waals surface area (Å²) in [5.41, 5.74) is 3.32. The highest BCUT2D eigenvalue weighted by molar-refractivity contribution is 5.91. The Balaban J connectivity index is 1.82. The molecule has 0 saturated carbocycles. The van der Waals surface area contributed by atoms with E-state index in [1.165, 1.54) is 12.0 Å². The van der Waals surface area contributed by atoms with Crippen molar-refractivity contribution >= 4 is 11.7 Å². The van der Waals surface area contributed by atoms with Crippen LogP contribution >= 0.6 is 0 Å². The lowest BCUT2D eigenvalue weighted by Crippen LogP contribution is -2.49. The van der Waals surface area contributed by atoms with Crippen LogP contribution in [0.4, 0.5) is 10.5 Å². The third-order valence-corrected chi connectivity index (χ3v) is 5.73. The lowest BCUT2D eigenvalue weighted by atomic mass is 9.92. The SMILES string of the molecule is C=CCc1cccc(C(C)C)c1NC(=O)N1CC[C@@H]2CCN(C)C[C@@H]21. The van der Waals surface area contributed by atoms with E-state index in [-0.39, 0.29) is 6.03 Å².